The average Bonchev–Trinajstić information content (AvgIpc) is 2.56. The maximum atomic E-state index is 13.1. The second-order valence-electron chi connectivity index (χ2n) is 6.81. The Hall–Kier alpha value is -2.67. The number of amides is 1. The molecule has 0 radical (unpaired) electrons. The predicted molar refractivity (Wildman–Crippen MR) is 92.0 cm³/mol. The lowest BCUT2D eigenvalue weighted by Gasteiger charge is -2.37. The smallest absolute Gasteiger partial charge is 0.228 e. The van der Waals surface area contributed by atoms with Gasteiger partial charge in [-0.2, -0.15) is 0 Å². The lowest BCUT2D eigenvalue weighted by molar-refractivity contribution is -0.121. The first kappa shape index (κ1) is 16.2. The van der Waals surface area contributed by atoms with Crippen LogP contribution in [0.3, 0.4) is 0 Å². The van der Waals surface area contributed by atoms with E-state index in [1.807, 2.05) is 12.1 Å². The van der Waals surface area contributed by atoms with Crippen molar-refractivity contribution in [2.45, 2.75) is 26.7 Å². The number of rotatable bonds is 1. The number of nitrogens with zero attached hydrogens (tertiary/aromatic N) is 2. The first-order chi connectivity index (χ1) is 11.4. The van der Waals surface area contributed by atoms with Crippen LogP contribution in [-0.4, -0.2) is 17.4 Å². The molecule has 3 nitrogen and oxygen atoms in total. The molecule has 24 heavy (non-hydrogen) atoms. The summed E-state index contributed by atoms with van der Waals surface area (Å²) in [5.41, 5.74) is 1.45. The summed E-state index contributed by atoms with van der Waals surface area (Å²) in [5, 5.41) is 0. The van der Waals surface area contributed by atoms with Crippen molar-refractivity contribution in [3.05, 3.63) is 59.5 Å². The average molecular weight is 322 g/mol. The molecular formula is C20H19FN2O. The Balaban J connectivity index is 1.77. The third-order valence-electron chi connectivity index (χ3n) is 4.10. The molecular weight excluding hydrogens is 303 g/mol. The summed E-state index contributed by atoms with van der Waals surface area (Å²) in [4.78, 5) is 18.3. The summed E-state index contributed by atoms with van der Waals surface area (Å²) < 4.78 is 13.1. The third kappa shape index (κ3) is 3.80. The van der Waals surface area contributed by atoms with Gasteiger partial charge in [0, 0.05) is 30.3 Å². The summed E-state index contributed by atoms with van der Waals surface area (Å²) in [5.74, 6) is 6.34. The van der Waals surface area contributed by atoms with Gasteiger partial charge in [0.1, 0.15) is 11.6 Å². The Bertz CT molecular complexity index is 816. The minimum Gasteiger partial charge on any atom is -0.296 e. The van der Waals surface area contributed by atoms with E-state index in [2.05, 4.69) is 30.7 Å². The van der Waals surface area contributed by atoms with Crippen molar-refractivity contribution in [2.75, 3.05) is 11.4 Å². The van der Waals surface area contributed by atoms with Crippen LogP contribution >= 0.6 is 0 Å². The lowest BCUT2D eigenvalue weighted by atomic mass is 9.84. The van der Waals surface area contributed by atoms with E-state index in [1.165, 1.54) is 12.1 Å². The Morgan fingerprint density at radius 3 is 2.67 bits per heavy atom. The molecule has 3 rings (SSSR count). The number of hydrogen-bond acceptors (Lipinski definition) is 2. The van der Waals surface area contributed by atoms with Crippen molar-refractivity contribution in [3.8, 4) is 11.8 Å². The molecule has 1 fully saturated rings. The zero-order chi connectivity index (χ0) is 17.2. The number of piperidine rings is 1. The largest absolute Gasteiger partial charge is 0.296 e. The second-order valence-corrected chi connectivity index (χ2v) is 6.81. The van der Waals surface area contributed by atoms with Gasteiger partial charge in [0.2, 0.25) is 5.91 Å². The highest BCUT2D eigenvalue weighted by molar-refractivity contribution is 5.93. The Kier molecular flexibility index (Phi) is 4.35. The summed E-state index contributed by atoms with van der Waals surface area (Å²) >= 11 is 0. The van der Waals surface area contributed by atoms with Crippen LogP contribution in [-0.2, 0) is 4.79 Å². The van der Waals surface area contributed by atoms with Crippen molar-refractivity contribution in [1.82, 2.24) is 4.98 Å². The molecule has 2 heterocycles. The molecule has 122 valence electrons. The molecule has 0 N–H and O–H groups in total. The van der Waals surface area contributed by atoms with Crippen molar-refractivity contribution < 1.29 is 9.18 Å². The monoisotopic (exact) mass is 322 g/mol. The molecule has 1 aromatic carbocycles. The normalized spacial score (nSPS) is 16.5. The minimum absolute atomic E-state index is 0.103. The highest BCUT2D eigenvalue weighted by atomic mass is 19.1. The van der Waals surface area contributed by atoms with E-state index in [-0.39, 0.29) is 17.1 Å². The highest BCUT2D eigenvalue weighted by Crippen LogP contribution is 2.31. The number of carbonyl (C=O) groups excluding carboxylic acids is 1. The topological polar surface area (TPSA) is 33.2 Å². The van der Waals surface area contributed by atoms with E-state index >= 15 is 0 Å². The minimum atomic E-state index is -0.304. The molecule has 1 aromatic heterocycles. The van der Waals surface area contributed by atoms with Crippen molar-refractivity contribution in [1.29, 1.82) is 0 Å². The zero-order valence-electron chi connectivity index (χ0n) is 13.8. The maximum Gasteiger partial charge on any atom is 0.228 e. The van der Waals surface area contributed by atoms with Crippen LogP contribution < -0.4 is 4.90 Å². The summed E-state index contributed by atoms with van der Waals surface area (Å²) in [6, 6.07) is 9.82. The van der Waals surface area contributed by atoms with Gasteiger partial charge < -0.3 is 0 Å². The predicted octanol–water partition coefficient (Wildman–Crippen LogP) is 3.77. The molecule has 1 amide bonds. The highest BCUT2D eigenvalue weighted by Gasteiger charge is 2.32. The van der Waals surface area contributed by atoms with E-state index in [1.54, 1.807) is 23.2 Å². The number of aromatic nitrogens is 1. The number of pyridine rings is 1. The Labute approximate surface area is 141 Å². The molecule has 0 aliphatic carbocycles. The van der Waals surface area contributed by atoms with Crippen molar-refractivity contribution in [3.63, 3.8) is 0 Å². The van der Waals surface area contributed by atoms with Crippen LogP contribution in [0.25, 0.3) is 0 Å². The van der Waals surface area contributed by atoms with Crippen LogP contribution in [0.4, 0.5) is 10.2 Å². The van der Waals surface area contributed by atoms with Gasteiger partial charge in [-0.1, -0.05) is 31.8 Å². The fourth-order valence-electron chi connectivity index (χ4n) is 2.71. The number of carbonyl (C=O) groups is 1. The van der Waals surface area contributed by atoms with E-state index in [0.29, 0.717) is 24.3 Å². The maximum absolute atomic E-state index is 13.1. The van der Waals surface area contributed by atoms with Gasteiger partial charge >= 0.3 is 0 Å². The van der Waals surface area contributed by atoms with Crippen LogP contribution in [0.2, 0.25) is 0 Å². The van der Waals surface area contributed by atoms with Gasteiger partial charge in [0.05, 0.1) is 0 Å². The zero-order valence-corrected chi connectivity index (χ0v) is 13.8. The van der Waals surface area contributed by atoms with Crippen LogP contribution in [0.1, 0.15) is 37.8 Å². The third-order valence-corrected chi connectivity index (χ3v) is 4.10. The molecule has 4 heteroatoms. The number of benzene rings is 1. The quantitative estimate of drug-likeness (QED) is 0.749. The van der Waals surface area contributed by atoms with Crippen LogP contribution in [0.15, 0.2) is 42.6 Å². The molecule has 0 unspecified atom stereocenters. The number of halogens is 1. The van der Waals surface area contributed by atoms with Crippen LogP contribution in [0, 0.1) is 23.1 Å². The van der Waals surface area contributed by atoms with Crippen molar-refractivity contribution in [2.24, 2.45) is 5.41 Å². The standard InChI is InChI=1S/C20H19FN2O/c1-20(2)11-10-19(24)23(14-20)18-9-8-16(13-22-18)7-6-15-4-3-5-17(21)12-15/h3-5,8-9,12-13H,10-11,14H2,1-2H3. The van der Waals surface area contributed by atoms with E-state index < -0.39 is 0 Å². The summed E-state index contributed by atoms with van der Waals surface area (Å²) in [7, 11) is 0. The summed E-state index contributed by atoms with van der Waals surface area (Å²) in [6.07, 6.45) is 3.10. The summed E-state index contributed by atoms with van der Waals surface area (Å²) in [6.45, 7) is 4.99. The van der Waals surface area contributed by atoms with Crippen molar-refractivity contribution >= 4 is 11.7 Å². The van der Waals surface area contributed by atoms with Gasteiger partial charge in [0.15, 0.2) is 0 Å². The van der Waals surface area contributed by atoms with E-state index in [4.69, 9.17) is 0 Å². The van der Waals surface area contributed by atoms with E-state index in [0.717, 1.165) is 12.0 Å². The lowest BCUT2D eigenvalue weighted by Crippen LogP contribution is -2.44. The molecule has 0 saturated carbocycles. The first-order valence-electron chi connectivity index (χ1n) is 7.97. The molecule has 0 bridgehead atoms. The van der Waals surface area contributed by atoms with Gasteiger partial charge in [-0.3, -0.25) is 9.69 Å². The molecule has 2 aromatic rings. The fourth-order valence-corrected chi connectivity index (χ4v) is 2.71. The van der Waals surface area contributed by atoms with Gasteiger partial charge in [0.25, 0.3) is 0 Å². The number of anilines is 1. The van der Waals surface area contributed by atoms with Gasteiger partial charge in [-0.15, -0.1) is 0 Å². The SMILES string of the molecule is CC1(C)CCC(=O)N(c2ccc(C#Cc3cccc(F)c3)cn2)C1. The van der Waals surface area contributed by atoms with Gasteiger partial charge in [-0.25, -0.2) is 9.37 Å². The molecule has 1 aliphatic heterocycles. The Morgan fingerprint density at radius 1 is 1.17 bits per heavy atom. The van der Waals surface area contributed by atoms with Crippen LogP contribution in [0.5, 0.6) is 0 Å². The fraction of sp³-hybridized carbons (Fsp3) is 0.300. The van der Waals surface area contributed by atoms with Gasteiger partial charge in [-0.05, 0) is 42.2 Å². The first-order valence-corrected chi connectivity index (χ1v) is 7.97. The molecule has 1 saturated heterocycles. The van der Waals surface area contributed by atoms with E-state index in [9.17, 15) is 9.18 Å². The molecule has 0 spiro atoms. The molecule has 1 aliphatic rings. The molecule has 0 atom stereocenters. The number of hydrogen-bond donors (Lipinski definition) is 0. The Morgan fingerprint density at radius 2 is 1.96 bits per heavy atom. The second kappa shape index (κ2) is 6.45.